The molecule has 0 aliphatic carbocycles. The van der Waals surface area contributed by atoms with Crippen molar-refractivity contribution >= 4 is 16.9 Å². The summed E-state index contributed by atoms with van der Waals surface area (Å²) in [5, 5.41) is 14.6. The van der Waals surface area contributed by atoms with Crippen LogP contribution < -0.4 is 5.73 Å². The molecule has 2 rings (SSSR count). The van der Waals surface area contributed by atoms with E-state index < -0.39 is 11.9 Å². The zero-order valence-corrected chi connectivity index (χ0v) is 10.3. The highest BCUT2D eigenvalue weighted by Crippen LogP contribution is 2.21. The van der Waals surface area contributed by atoms with Crippen LogP contribution in [-0.4, -0.2) is 27.4 Å². The average Bonchev–Trinajstić information content (AvgIpc) is 2.66. The van der Waals surface area contributed by atoms with E-state index in [2.05, 4.69) is 5.10 Å². The van der Waals surface area contributed by atoms with Crippen LogP contribution in [-0.2, 0) is 18.3 Å². The molecule has 0 saturated heterocycles. The minimum atomic E-state index is -0.810. The topological polar surface area (TPSA) is 81.1 Å². The fraction of sp³-hybridized carbons (Fsp3) is 0.385. The molecule has 0 spiro atoms. The van der Waals surface area contributed by atoms with Crippen LogP contribution >= 0.6 is 0 Å². The molecule has 0 saturated carbocycles. The third kappa shape index (κ3) is 2.36. The van der Waals surface area contributed by atoms with Crippen LogP contribution in [0, 0.1) is 5.92 Å². The lowest BCUT2D eigenvalue weighted by atomic mass is 9.98. The lowest BCUT2D eigenvalue weighted by Gasteiger charge is -2.09. The van der Waals surface area contributed by atoms with Crippen molar-refractivity contribution in [2.75, 3.05) is 6.54 Å². The Kier molecular flexibility index (Phi) is 3.62. The van der Waals surface area contributed by atoms with Gasteiger partial charge in [0.2, 0.25) is 0 Å². The summed E-state index contributed by atoms with van der Waals surface area (Å²) in [6.45, 7) is 0.377. The Morgan fingerprint density at radius 2 is 2.22 bits per heavy atom. The SMILES string of the molecule is Cn1nc(CC(CCN)C(=O)O)c2ccccc21. The molecule has 1 aromatic carbocycles. The predicted molar refractivity (Wildman–Crippen MR) is 69.2 cm³/mol. The van der Waals surface area contributed by atoms with E-state index in [4.69, 9.17) is 10.8 Å². The smallest absolute Gasteiger partial charge is 0.306 e. The van der Waals surface area contributed by atoms with Gasteiger partial charge in [-0.3, -0.25) is 9.48 Å². The van der Waals surface area contributed by atoms with Crippen molar-refractivity contribution in [3.05, 3.63) is 30.0 Å². The van der Waals surface area contributed by atoms with E-state index in [0.29, 0.717) is 19.4 Å². The lowest BCUT2D eigenvalue weighted by Crippen LogP contribution is -2.20. The van der Waals surface area contributed by atoms with Gasteiger partial charge in [-0.2, -0.15) is 5.10 Å². The number of aryl methyl sites for hydroxylation is 1. The summed E-state index contributed by atoms with van der Waals surface area (Å²) < 4.78 is 1.78. The minimum absolute atomic E-state index is 0.377. The highest BCUT2D eigenvalue weighted by atomic mass is 16.4. The zero-order valence-electron chi connectivity index (χ0n) is 10.3. The molecule has 1 atom stereocenters. The number of carboxylic acid groups (broad SMARTS) is 1. The summed E-state index contributed by atoms with van der Waals surface area (Å²) in [5.74, 6) is -1.27. The van der Waals surface area contributed by atoms with Crippen molar-refractivity contribution in [3.8, 4) is 0 Å². The molecule has 1 aromatic heterocycles. The first kappa shape index (κ1) is 12.6. The number of hydrogen-bond donors (Lipinski definition) is 2. The molecule has 96 valence electrons. The molecular formula is C13H17N3O2. The summed E-state index contributed by atoms with van der Waals surface area (Å²) in [5.41, 5.74) is 7.30. The molecule has 1 unspecified atom stereocenters. The highest BCUT2D eigenvalue weighted by molar-refractivity contribution is 5.82. The van der Waals surface area contributed by atoms with Crippen molar-refractivity contribution in [2.24, 2.45) is 18.7 Å². The minimum Gasteiger partial charge on any atom is -0.481 e. The first-order valence-corrected chi connectivity index (χ1v) is 5.97. The van der Waals surface area contributed by atoms with Gasteiger partial charge in [0.1, 0.15) is 0 Å². The van der Waals surface area contributed by atoms with Gasteiger partial charge >= 0.3 is 5.97 Å². The number of para-hydroxylation sites is 1. The maximum Gasteiger partial charge on any atom is 0.306 e. The van der Waals surface area contributed by atoms with Gasteiger partial charge in [0.15, 0.2) is 0 Å². The van der Waals surface area contributed by atoms with Crippen LogP contribution in [0.3, 0.4) is 0 Å². The molecule has 0 aliphatic rings. The van der Waals surface area contributed by atoms with Gasteiger partial charge in [0, 0.05) is 18.9 Å². The van der Waals surface area contributed by atoms with Gasteiger partial charge in [0.25, 0.3) is 0 Å². The maximum absolute atomic E-state index is 11.1. The highest BCUT2D eigenvalue weighted by Gasteiger charge is 2.20. The fourth-order valence-electron chi connectivity index (χ4n) is 2.19. The van der Waals surface area contributed by atoms with Crippen LogP contribution in [0.2, 0.25) is 0 Å². The number of rotatable bonds is 5. The second-order valence-corrected chi connectivity index (χ2v) is 4.40. The monoisotopic (exact) mass is 247 g/mol. The number of nitrogens with zero attached hydrogens (tertiary/aromatic N) is 2. The number of hydrogen-bond acceptors (Lipinski definition) is 3. The molecular weight excluding hydrogens is 230 g/mol. The second-order valence-electron chi connectivity index (χ2n) is 4.40. The normalized spacial score (nSPS) is 12.8. The first-order chi connectivity index (χ1) is 8.63. The Balaban J connectivity index is 2.33. The molecule has 5 heteroatoms. The Labute approximate surface area is 105 Å². The lowest BCUT2D eigenvalue weighted by molar-refractivity contribution is -0.141. The van der Waals surface area contributed by atoms with Crippen molar-refractivity contribution in [2.45, 2.75) is 12.8 Å². The quantitative estimate of drug-likeness (QED) is 0.831. The van der Waals surface area contributed by atoms with E-state index in [1.807, 2.05) is 31.3 Å². The standard InChI is InChI=1S/C13H17N3O2/c1-16-12-5-3-2-4-10(12)11(15-16)8-9(6-7-14)13(17)18/h2-5,9H,6-8,14H2,1H3,(H,17,18). The van der Waals surface area contributed by atoms with Gasteiger partial charge in [0.05, 0.1) is 17.1 Å². The molecule has 18 heavy (non-hydrogen) atoms. The number of carbonyl (C=O) groups is 1. The van der Waals surface area contributed by atoms with E-state index >= 15 is 0 Å². The molecule has 0 amide bonds. The van der Waals surface area contributed by atoms with E-state index in [0.717, 1.165) is 16.6 Å². The van der Waals surface area contributed by atoms with Gasteiger partial charge in [-0.05, 0) is 19.0 Å². The molecule has 0 radical (unpaired) electrons. The van der Waals surface area contributed by atoms with E-state index in [-0.39, 0.29) is 0 Å². The van der Waals surface area contributed by atoms with E-state index in [1.165, 1.54) is 0 Å². The van der Waals surface area contributed by atoms with Crippen molar-refractivity contribution < 1.29 is 9.90 Å². The van der Waals surface area contributed by atoms with Crippen LogP contribution in [0.15, 0.2) is 24.3 Å². The second kappa shape index (κ2) is 5.18. The Morgan fingerprint density at radius 3 is 2.89 bits per heavy atom. The summed E-state index contributed by atoms with van der Waals surface area (Å²) in [4.78, 5) is 11.1. The number of benzene rings is 1. The molecule has 2 aromatic rings. The number of fused-ring (bicyclic) bond motifs is 1. The third-order valence-electron chi connectivity index (χ3n) is 3.14. The summed E-state index contributed by atoms with van der Waals surface area (Å²) >= 11 is 0. The number of nitrogens with two attached hydrogens (primary N) is 1. The molecule has 0 bridgehead atoms. The zero-order chi connectivity index (χ0) is 13.1. The number of carboxylic acids is 1. The molecule has 1 heterocycles. The number of aliphatic carboxylic acids is 1. The Bertz CT molecular complexity index is 562. The van der Waals surface area contributed by atoms with Gasteiger partial charge in [-0.15, -0.1) is 0 Å². The molecule has 0 fully saturated rings. The summed E-state index contributed by atoms with van der Waals surface area (Å²) in [7, 11) is 1.87. The van der Waals surface area contributed by atoms with Crippen molar-refractivity contribution in [1.82, 2.24) is 9.78 Å². The van der Waals surface area contributed by atoms with Gasteiger partial charge < -0.3 is 10.8 Å². The van der Waals surface area contributed by atoms with Crippen LogP contribution in [0.25, 0.3) is 10.9 Å². The fourth-order valence-corrected chi connectivity index (χ4v) is 2.19. The van der Waals surface area contributed by atoms with Crippen LogP contribution in [0.1, 0.15) is 12.1 Å². The molecule has 5 nitrogen and oxygen atoms in total. The van der Waals surface area contributed by atoms with Crippen LogP contribution in [0.4, 0.5) is 0 Å². The Morgan fingerprint density at radius 1 is 1.50 bits per heavy atom. The maximum atomic E-state index is 11.1. The number of aromatic nitrogens is 2. The Hall–Kier alpha value is -1.88. The van der Waals surface area contributed by atoms with Crippen molar-refractivity contribution in [3.63, 3.8) is 0 Å². The first-order valence-electron chi connectivity index (χ1n) is 5.97. The molecule has 0 aliphatic heterocycles. The van der Waals surface area contributed by atoms with Crippen molar-refractivity contribution in [1.29, 1.82) is 0 Å². The summed E-state index contributed by atoms with van der Waals surface area (Å²) in [6.07, 6.45) is 0.897. The molecule has 3 N–H and O–H groups in total. The van der Waals surface area contributed by atoms with Gasteiger partial charge in [-0.1, -0.05) is 18.2 Å². The summed E-state index contributed by atoms with van der Waals surface area (Å²) in [6, 6.07) is 7.83. The van der Waals surface area contributed by atoms with E-state index in [9.17, 15) is 4.79 Å². The van der Waals surface area contributed by atoms with Crippen LogP contribution in [0.5, 0.6) is 0 Å². The van der Waals surface area contributed by atoms with E-state index in [1.54, 1.807) is 4.68 Å². The van der Waals surface area contributed by atoms with Gasteiger partial charge in [-0.25, -0.2) is 0 Å². The predicted octanol–water partition coefficient (Wildman–Crippen LogP) is 1.17. The third-order valence-corrected chi connectivity index (χ3v) is 3.14. The largest absolute Gasteiger partial charge is 0.481 e. The average molecular weight is 247 g/mol.